The molecule has 0 bridgehead atoms. The average molecular weight is 337 g/mol. The van der Waals surface area contributed by atoms with Crippen LogP contribution in [-0.2, 0) is 4.74 Å². The predicted octanol–water partition coefficient (Wildman–Crippen LogP) is 2.53. The second-order valence-corrected chi connectivity index (χ2v) is 5.39. The zero-order chi connectivity index (χ0) is 17.5. The van der Waals surface area contributed by atoms with Gasteiger partial charge in [0.05, 0.1) is 23.6 Å². The zero-order valence-electron chi connectivity index (χ0n) is 13.9. The van der Waals surface area contributed by atoms with Crippen LogP contribution < -0.4 is 10.6 Å². The van der Waals surface area contributed by atoms with E-state index < -0.39 is 0 Å². The van der Waals surface area contributed by atoms with Gasteiger partial charge in [0, 0.05) is 31.8 Å². The summed E-state index contributed by atoms with van der Waals surface area (Å²) in [5, 5.41) is 7.00. The first-order valence-corrected chi connectivity index (χ1v) is 7.98. The van der Waals surface area contributed by atoms with Crippen molar-refractivity contribution in [3.63, 3.8) is 0 Å². The molecule has 128 valence electrons. The number of nitrogens with one attached hydrogen (secondary N) is 2. The van der Waals surface area contributed by atoms with Crippen molar-refractivity contribution in [2.75, 3.05) is 25.6 Å². The number of ether oxygens (including phenoxy) is 1. The Balaban J connectivity index is 1.67. The van der Waals surface area contributed by atoms with Gasteiger partial charge in [0.1, 0.15) is 11.5 Å². The number of amides is 1. The first-order chi connectivity index (χ1) is 12.3. The summed E-state index contributed by atoms with van der Waals surface area (Å²) in [7, 11) is 1.63. The minimum atomic E-state index is -0.248. The van der Waals surface area contributed by atoms with E-state index >= 15 is 0 Å². The van der Waals surface area contributed by atoms with Gasteiger partial charge in [-0.2, -0.15) is 0 Å². The van der Waals surface area contributed by atoms with Gasteiger partial charge in [-0.25, -0.2) is 9.97 Å². The SMILES string of the molecule is COCCCNC(=O)c1cnc(Nc2cccc3cccnc23)cn1. The number of para-hydroxylation sites is 1. The molecule has 2 aromatic heterocycles. The van der Waals surface area contributed by atoms with E-state index in [0.29, 0.717) is 19.0 Å². The van der Waals surface area contributed by atoms with Gasteiger partial charge in [-0.1, -0.05) is 18.2 Å². The maximum absolute atomic E-state index is 12.0. The highest BCUT2D eigenvalue weighted by molar-refractivity contribution is 5.93. The second kappa shape index (κ2) is 8.16. The molecular formula is C18H19N5O2. The first-order valence-electron chi connectivity index (χ1n) is 7.98. The van der Waals surface area contributed by atoms with Crippen LogP contribution in [0, 0.1) is 0 Å². The molecule has 0 atom stereocenters. The van der Waals surface area contributed by atoms with Crippen molar-refractivity contribution in [1.29, 1.82) is 0 Å². The summed E-state index contributed by atoms with van der Waals surface area (Å²) in [4.78, 5) is 24.8. The summed E-state index contributed by atoms with van der Waals surface area (Å²) >= 11 is 0. The summed E-state index contributed by atoms with van der Waals surface area (Å²) in [5.74, 6) is 0.302. The van der Waals surface area contributed by atoms with Crippen molar-refractivity contribution in [1.82, 2.24) is 20.3 Å². The third kappa shape index (κ3) is 4.27. The molecule has 1 aromatic carbocycles. The lowest BCUT2D eigenvalue weighted by Crippen LogP contribution is -2.26. The van der Waals surface area contributed by atoms with Gasteiger partial charge in [0.25, 0.3) is 5.91 Å². The van der Waals surface area contributed by atoms with Crippen LogP contribution in [0.5, 0.6) is 0 Å². The molecule has 0 aliphatic carbocycles. The quantitative estimate of drug-likeness (QED) is 0.644. The van der Waals surface area contributed by atoms with Gasteiger partial charge in [0.2, 0.25) is 0 Å². The predicted molar refractivity (Wildman–Crippen MR) is 95.9 cm³/mol. The molecule has 0 fully saturated rings. The molecule has 25 heavy (non-hydrogen) atoms. The normalized spacial score (nSPS) is 10.6. The third-order valence-electron chi connectivity index (χ3n) is 3.59. The maximum Gasteiger partial charge on any atom is 0.271 e. The van der Waals surface area contributed by atoms with Crippen molar-refractivity contribution < 1.29 is 9.53 Å². The van der Waals surface area contributed by atoms with Gasteiger partial charge in [-0.15, -0.1) is 0 Å². The molecule has 0 saturated carbocycles. The van der Waals surface area contributed by atoms with Gasteiger partial charge in [0.15, 0.2) is 0 Å². The van der Waals surface area contributed by atoms with Gasteiger partial charge in [-0.05, 0) is 18.6 Å². The summed E-state index contributed by atoms with van der Waals surface area (Å²) in [6, 6.07) is 9.76. The first kappa shape index (κ1) is 16.8. The van der Waals surface area contributed by atoms with Crippen LogP contribution in [0.25, 0.3) is 10.9 Å². The molecule has 2 heterocycles. The molecular weight excluding hydrogens is 318 g/mol. The van der Waals surface area contributed by atoms with Crippen molar-refractivity contribution >= 4 is 28.3 Å². The lowest BCUT2D eigenvalue weighted by molar-refractivity contribution is 0.0943. The smallest absolute Gasteiger partial charge is 0.271 e. The van der Waals surface area contributed by atoms with E-state index in [1.54, 1.807) is 13.3 Å². The molecule has 7 heteroatoms. The fraction of sp³-hybridized carbons (Fsp3) is 0.222. The Morgan fingerprint density at radius 3 is 2.80 bits per heavy atom. The molecule has 0 aliphatic heterocycles. The lowest BCUT2D eigenvalue weighted by atomic mass is 10.2. The molecule has 0 spiro atoms. The van der Waals surface area contributed by atoms with Crippen molar-refractivity contribution in [3.05, 3.63) is 54.6 Å². The molecule has 0 saturated heterocycles. The van der Waals surface area contributed by atoms with Crippen LogP contribution in [0.1, 0.15) is 16.9 Å². The van der Waals surface area contributed by atoms with E-state index in [9.17, 15) is 4.79 Å². The topological polar surface area (TPSA) is 89.0 Å². The fourth-order valence-electron chi connectivity index (χ4n) is 2.36. The summed E-state index contributed by atoms with van der Waals surface area (Å²) in [6.07, 6.45) is 5.48. The van der Waals surface area contributed by atoms with E-state index in [1.165, 1.54) is 12.4 Å². The number of carbonyl (C=O) groups excluding carboxylic acids is 1. The van der Waals surface area contributed by atoms with Crippen LogP contribution >= 0.6 is 0 Å². The Hall–Kier alpha value is -3.06. The number of methoxy groups -OCH3 is 1. The number of hydrogen-bond donors (Lipinski definition) is 2. The van der Waals surface area contributed by atoms with Crippen LogP contribution in [0.3, 0.4) is 0 Å². The maximum atomic E-state index is 12.0. The third-order valence-corrected chi connectivity index (χ3v) is 3.59. The zero-order valence-corrected chi connectivity index (χ0v) is 13.9. The fourth-order valence-corrected chi connectivity index (χ4v) is 2.36. The standard InChI is InChI=1S/C18H19N5O2/c1-25-10-4-9-20-18(24)15-11-22-16(12-21-15)23-14-7-2-5-13-6-3-8-19-17(13)14/h2-3,5-8,11-12H,4,9-10H2,1H3,(H,20,24)(H,22,23). The average Bonchev–Trinajstić information content (AvgIpc) is 2.66. The van der Waals surface area contributed by atoms with Crippen molar-refractivity contribution in [2.24, 2.45) is 0 Å². The molecule has 3 aromatic rings. The summed E-state index contributed by atoms with van der Waals surface area (Å²) in [5.41, 5.74) is 1.97. The van der Waals surface area contributed by atoms with E-state index in [2.05, 4.69) is 25.6 Å². The summed E-state index contributed by atoms with van der Waals surface area (Å²) in [6.45, 7) is 1.14. The molecule has 0 radical (unpaired) electrons. The number of nitrogens with zero attached hydrogens (tertiary/aromatic N) is 3. The van der Waals surface area contributed by atoms with Gasteiger partial charge >= 0.3 is 0 Å². The second-order valence-electron chi connectivity index (χ2n) is 5.39. The number of fused-ring (bicyclic) bond motifs is 1. The number of benzene rings is 1. The van der Waals surface area contributed by atoms with Crippen LogP contribution in [0.15, 0.2) is 48.9 Å². The highest BCUT2D eigenvalue weighted by Gasteiger charge is 2.08. The Bertz CT molecular complexity index is 846. The van der Waals surface area contributed by atoms with Crippen molar-refractivity contribution in [2.45, 2.75) is 6.42 Å². The van der Waals surface area contributed by atoms with E-state index in [1.807, 2.05) is 30.3 Å². The van der Waals surface area contributed by atoms with E-state index in [4.69, 9.17) is 4.74 Å². The molecule has 0 aliphatic rings. The minimum absolute atomic E-state index is 0.248. The number of anilines is 2. The number of aromatic nitrogens is 3. The minimum Gasteiger partial charge on any atom is -0.385 e. The van der Waals surface area contributed by atoms with Crippen LogP contribution in [-0.4, -0.2) is 41.1 Å². The lowest BCUT2D eigenvalue weighted by Gasteiger charge is -2.08. The molecule has 1 amide bonds. The van der Waals surface area contributed by atoms with Crippen LogP contribution in [0.2, 0.25) is 0 Å². The Morgan fingerprint density at radius 1 is 1.12 bits per heavy atom. The summed E-state index contributed by atoms with van der Waals surface area (Å²) < 4.78 is 4.94. The van der Waals surface area contributed by atoms with Crippen LogP contribution in [0.4, 0.5) is 11.5 Å². The number of pyridine rings is 1. The Labute approximate surface area is 145 Å². The van der Waals surface area contributed by atoms with E-state index in [-0.39, 0.29) is 11.6 Å². The van der Waals surface area contributed by atoms with Gasteiger partial charge in [-0.3, -0.25) is 9.78 Å². The number of carbonyl (C=O) groups is 1. The molecule has 3 rings (SSSR count). The number of rotatable bonds is 7. The van der Waals surface area contributed by atoms with Crippen molar-refractivity contribution in [3.8, 4) is 0 Å². The molecule has 0 unspecified atom stereocenters. The monoisotopic (exact) mass is 337 g/mol. The van der Waals surface area contributed by atoms with E-state index in [0.717, 1.165) is 23.0 Å². The molecule has 2 N–H and O–H groups in total. The Kier molecular flexibility index (Phi) is 5.48. The highest BCUT2D eigenvalue weighted by atomic mass is 16.5. The highest BCUT2D eigenvalue weighted by Crippen LogP contribution is 2.23. The number of hydrogen-bond acceptors (Lipinski definition) is 6. The van der Waals surface area contributed by atoms with Gasteiger partial charge < -0.3 is 15.4 Å². The molecule has 7 nitrogen and oxygen atoms in total. The largest absolute Gasteiger partial charge is 0.385 e. The Morgan fingerprint density at radius 2 is 2.00 bits per heavy atom.